The van der Waals surface area contributed by atoms with E-state index in [0.29, 0.717) is 12.1 Å². The third-order valence-electron chi connectivity index (χ3n) is 5.17. The van der Waals surface area contributed by atoms with E-state index >= 15 is 0 Å². The van der Waals surface area contributed by atoms with Crippen LogP contribution in [0.5, 0.6) is 0 Å². The van der Waals surface area contributed by atoms with E-state index in [1.54, 1.807) is 19.9 Å². The van der Waals surface area contributed by atoms with E-state index in [9.17, 15) is 18.0 Å². The van der Waals surface area contributed by atoms with Gasteiger partial charge in [0.15, 0.2) is 0 Å². The number of hydrogen-bond donors (Lipinski definition) is 0. The summed E-state index contributed by atoms with van der Waals surface area (Å²) in [6.07, 6.45) is 4.88. The van der Waals surface area contributed by atoms with Crippen LogP contribution in [0, 0.1) is 0 Å². The quantitative estimate of drug-likeness (QED) is 0.578. The second-order valence-electron chi connectivity index (χ2n) is 7.75. The van der Waals surface area contributed by atoms with Gasteiger partial charge in [0.05, 0.1) is 5.56 Å². The third-order valence-corrected chi connectivity index (χ3v) is 7.17. The lowest BCUT2D eigenvalue weighted by atomic mass is 10.1. The van der Waals surface area contributed by atoms with Gasteiger partial charge >= 0.3 is 0 Å². The van der Waals surface area contributed by atoms with Crippen molar-refractivity contribution in [3.05, 3.63) is 29.3 Å². The van der Waals surface area contributed by atoms with Gasteiger partial charge in [-0.2, -0.15) is 0 Å². The molecule has 0 aromatic heterocycles. The molecule has 28 heavy (non-hydrogen) atoms. The van der Waals surface area contributed by atoms with Crippen LogP contribution in [0.4, 0.5) is 0 Å². The maximum atomic E-state index is 13.2. The minimum Gasteiger partial charge on any atom is -0.336 e. The number of nitrogens with zero attached hydrogens (tertiary/aromatic N) is 2. The average molecular weight is 409 g/mol. The Bertz CT molecular complexity index is 833. The van der Waals surface area contributed by atoms with Crippen LogP contribution in [0.3, 0.4) is 0 Å². The van der Waals surface area contributed by atoms with E-state index in [1.807, 2.05) is 11.8 Å². The van der Waals surface area contributed by atoms with Crippen LogP contribution in [-0.2, 0) is 10.0 Å². The third kappa shape index (κ3) is 4.24. The summed E-state index contributed by atoms with van der Waals surface area (Å²) in [5, 5.41) is 0. The minimum absolute atomic E-state index is 0.0614. The smallest absolute Gasteiger partial charge is 0.269 e. The predicted molar refractivity (Wildman–Crippen MR) is 110 cm³/mol. The van der Waals surface area contributed by atoms with E-state index in [0.717, 1.165) is 36.4 Å². The van der Waals surface area contributed by atoms with Gasteiger partial charge in [0.25, 0.3) is 21.8 Å². The first kappa shape index (κ1) is 22.4. The van der Waals surface area contributed by atoms with Gasteiger partial charge in [0.1, 0.15) is 4.90 Å². The number of sulfonamides is 1. The first-order chi connectivity index (χ1) is 13.2. The summed E-state index contributed by atoms with van der Waals surface area (Å²) in [7, 11) is -3.91. The summed E-state index contributed by atoms with van der Waals surface area (Å²) < 4.78 is 26.5. The lowest BCUT2D eigenvalue weighted by molar-refractivity contribution is 0.0678. The Balaban J connectivity index is 2.39. The molecule has 7 heteroatoms. The first-order valence-electron chi connectivity index (χ1n) is 10.2. The number of hydrogen-bond acceptors (Lipinski definition) is 4. The van der Waals surface area contributed by atoms with Gasteiger partial charge in [-0.05, 0) is 51.8 Å². The molecule has 1 aliphatic heterocycles. The molecule has 156 valence electrons. The predicted octanol–water partition coefficient (Wildman–Crippen LogP) is 4.06. The molecule has 0 fully saturated rings. The zero-order chi connectivity index (χ0) is 21.1. The topological polar surface area (TPSA) is 74.8 Å². The maximum absolute atomic E-state index is 13.2. The highest BCUT2D eigenvalue weighted by atomic mass is 32.2. The Labute approximate surface area is 169 Å². The molecule has 0 radical (unpaired) electrons. The van der Waals surface area contributed by atoms with Crippen molar-refractivity contribution < 1.29 is 18.0 Å². The van der Waals surface area contributed by atoms with E-state index < -0.39 is 22.0 Å². The molecule has 1 aliphatic rings. The summed E-state index contributed by atoms with van der Waals surface area (Å²) in [4.78, 5) is 27.5. The highest BCUT2D eigenvalue weighted by molar-refractivity contribution is 7.90. The van der Waals surface area contributed by atoms with Crippen LogP contribution in [0.1, 0.15) is 87.4 Å². The number of amides is 2. The monoisotopic (exact) mass is 408 g/mol. The number of benzene rings is 1. The molecule has 0 N–H and O–H groups in total. The second-order valence-corrected chi connectivity index (χ2v) is 9.54. The van der Waals surface area contributed by atoms with Crippen LogP contribution >= 0.6 is 0 Å². The van der Waals surface area contributed by atoms with Crippen molar-refractivity contribution in [3.8, 4) is 0 Å². The van der Waals surface area contributed by atoms with Gasteiger partial charge in [-0.25, -0.2) is 12.7 Å². The summed E-state index contributed by atoms with van der Waals surface area (Å²) >= 11 is 0. The fourth-order valence-corrected chi connectivity index (χ4v) is 5.48. The molecule has 0 bridgehead atoms. The van der Waals surface area contributed by atoms with E-state index in [2.05, 4.69) is 13.8 Å². The number of carbonyl (C=O) groups excluding carboxylic acids is 2. The standard InChI is InChI=1S/C21H32N2O4S/c1-6-8-9-13-22(16(5)10-7-2)20(24)17-11-12-18-19(14-17)28(26,27)23(15(3)4)21(18)25/h11-12,14-16H,6-10,13H2,1-5H3. The van der Waals surface area contributed by atoms with Crippen molar-refractivity contribution in [1.82, 2.24) is 9.21 Å². The van der Waals surface area contributed by atoms with Crippen molar-refractivity contribution in [3.63, 3.8) is 0 Å². The summed E-state index contributed by atoms with van der Waals surface area (Å²) in [5.41, 5.74) is 0.463. The Morgan fingerprint density at radius 1 is 1.11 bits per heavy atom. The zero-order valence-electron chi connectivity index (χ0n) is 17.6. The van der Waals surface area contributed by atoms with Gasteiger partial charge in [0.2, 0.25) is 0 Å². The molecule has 2 amide bonds. The molecule has 6 nitrogen and oxygen atoms in total. The minimum atomic E-state index is -3.91. The number of fused-ring (bicyclic) bond motifs is 1. The molecule has 1 atom stereocenters. The largest absolute Gasteiger partial charge is 0.336 e. The van der Waals surface area contributed by atoms with Gasteiger partial charge in [0, 0.05) is 24.2 Å². The van der Waals surface area contributed by atoms with Gasteiger partial charge < -0.3 is 4.90 Å². The summed E-state index contributed by atoms with van der Waals surface area (Å²) in [6.45, 7) is 10.2. The molecule has 1 aromatic rings. The van der Waals surface area contributed by atoms with E-state index in [1.165, 1.54) is 12.1 Å². The maximum Gasteiger partial charge on any atom is 0.269 e. The normalized spacial score (nSPS) is 16.4. The highest BCUT2D eigenvalue weighted by Crippen LogP contribution is 2.33. The lowest BCUT2D eigenvalue weighted by Gasteiger charge is -2.29. The fraction of sp³-hybridized carbons (Fsp3) is 0.619. The molecule has 0 saturated carbocycles. The Kier molecular flexibility index (Phi) is 7.26. The number of carbonyl (C=O) groups is 2. The SMILES string of the molecule is CCCCCN(C(=O)c1ccc2c(c1)S(=O)(=O)N(C(C)C)C2=O)C(C)CCC. The summed E-state index contributed by atoms with van der Waals surface area (Å²) in [6, 6.07) is 4.02. The molecule has 0 spiro atoms. The molecule has 1 unspecified atom stereocenters. The van der Waals surface area contributed by atoms with Crippen molar-refractivity contribution in [2.45, 2.75) is 83.7 Å². The Hall–Kier alpha value is -1.89. The number of unbranched alkanes of at least 4 members (excludes halogenated alkanes) is 2. The Morgan fingerprint density at radius 2 is 1.79 bits per heavy atom. The van der Waals surface area contributed by atoms with Crippen molar-refractivity contribution in [2.75, 3.05) is 6.54 Å². The van der Waals surface area contributed by atoms with Crippen molar-refractivity contribution in [1.29, 1.82) is 0 Å². The molecule has 1 heterocycles. The van der Waals surface area contributed by atoms with Gasteiger partial charge in [-0.15, -0.1) is 0 Å². The molecular weight excluding hydrogens is 376 g/mol. The van der Waals surface area contributed by atoms with Crippen LogP contribution in [0.15, 0.2) is 23.1 Å². The summed E-state index contributed by atoms with van der Waals surface area (Å²) in [5.74, 6) is -0.700. The van der Waals surface area contributed by atoms with Crippen LogP contribution < -0.4 is 0 Å². The lowest BCUT2D eigenvalue weighted by Crippen LogP contribution is -2.39. The number of rotatable bonds is 9. The second kappa shape index (κ2) is 9.07. The molecule has 2 rings (SSSR count). The molecule has 0 aliphatic carbocycles. The molecular formula is C21H32N2O4S. The van der Waals surface area contributed by atoms with Crippen molar-refractivity contribution in [2.24, 2.45) is 0 Å². The van der Waals surface area contributed by atoms with E-state index in [4.69, 9.17) is 0 Å². The molecule has 1 aromatic carbocycles. The molecule has 0 saturated heterocycles. The highest BCUT2D eigenvalue weighted by Gasteiger charge is 2.43. The van der Waals surface area contributed by atoms with Crippen LogP contribution in [0.25, 0.3) is 0 Å². The van der Waals surface area contributed by atoms with Crippen molar-refractivity contribution >= 4 is 21.8 Å². The first-order valence-corrected chi connectivity index (χ1v) is 11.6. The van der Waals surface area contributed by atoms with Crippen LogP contribution in [-0.4, -0.2) is 48.1 Å². The van der Waals surface area contributed by atoms with Gasteiger partial charge in [-0.1, -0.05) is 33.1 Å². The average Bonchev–Trinajstić information content (AvgIpc) is 2.84. The van der Waals surface area contributed by atoms with E-state index in [-0.39, 0.29) is 22.4 Å². The fourth-order valence-electron chi connectivity index (χ4n) is 3.69. The Morgan fingerprint density at radius 3 is 2.36 bits per heavy atom. The van der Waals surface area contributed by atoms with Crippen LogP contribution in [0.2, 0.25) is 0 Å². The zero-order valence-corrected chi connectivity index (χ0v) is 18.4. The van der Waals surface area contributed by atoms with Gasteiger partial charge in [-0.3, -0.25) is 9.59 Å².